The van der Waals surface area contributed by atoms with Gasteiger partial charge in [-0.1, -0.05) is 64.9 Å². The van der Waals surface area contributed by atoms with Crippen LogP contribution in [0.25, 0.3) is 0 Å². The normalized spacial score (nSPS) is 14.6. The summed E-state index contributed by atoms with van der Waals surface area (Å²) in [6, 6.07) is 16.1. The number of benzene rings is 2. The summed E-state index contributed by atoms with van der Waals surface area (Å²) in [7, 11) is 0.619. The molecule has 2 aromatic carbocycles. The summed E-state index contributed by atoms with van der Waals surface area (Å²) in [5.74, 6) is 1.15. The van der Waals surface area contributed by atoms with Crippen molar-refractivity contribution in [3.8, 4) is 5.75 Å². The molecule has 0 spiro atoms. The molecule has 2 aromatic rings. The highest BCUT2D eigenvalue weighted by Crippen LogP contribution is 2.47. The van der Waals surface area contributed by atoms with Crippen LogP contribution in [0.5, 0.6) is 5.75 Å². The summed E-state index contributed by atoms with van der Waals surface area (Å²) < 4.78 is 0. The summed E-state index contributed by atoms with van der Waals surface area (Å²) in [6.07, 6.45) is 0.990. The summed E-state index contributed by atoms with van der Waals surface area (Å²) >= 11 is 4.42. The van der Waals surface area contributed by atoms with Crippen LogP contribution in [0.3, 0.4) is 0 Å². The number of thiol groups is 1. The maximum absolute atomic E-state index is 10.2. The van der Waals surface area contributed by atoms with Gasteiger partial charge in [0, 0.05) is 16.5 Å². The number of hydrogen-bond acceptors (Lipinski definition) is 2. The molecule has 0 radical (unpaired) electrons. The van der Waals surface area contributed by atoms with E-state index >= 15 is 0 Å². The van der Waals surface area contributed by atoms with Crippen LogP contribution in [0.15, 0.2) is 48.5 Å². The Kier molecular flexibility index (Phi) is 5.12. The molecule has 0 aromatic heterocycles. The second kappa shape index (κ2) is 6.65. The van der Waals surface area contributed by atoms with Crippen molar-refractivity contribution in [2.45, 2.75) is 31.2 Å². The van der Waals surface area contributed by atoms with Crippen molar-refractivity contribution in [2.75, 3.05) is 0 Å². The summed E-state index contributed by atoms with van der Waals surface area (Å²) in [4.78, 5) is 0. The maximum atomic E-state index is 10.2. The van der Waals surface area contributed by atoms with Gasteiger partial charge in [0.25, 0.3) is 0 Å². The zero-order valence-corrected chi connectivity index (χ0v) is 13.8. The Morgan fingerprint density at radius 1 is 1.10 bits per heavy atom. The van der Waals surface area contributed by atoms with Gasteiger partial charge >= 0.3 is 0 Å². The standard InChI is InChI=1S/C17H21OPS/c1-3-17(2,14-9-5-6-10-15(14)18)19-16-11-7-4-8-13(16)12-20/h4-11,18-20H,3,12H2,1-2H3. The molecule has 3 heteroatoms. The van der Waals surface area contributed by atoms with Crippen LogP contribution in [0.2, 0.25) is 0 Å². The van der Waals surface area contributed by atoms with E-state index in [1.54, 1.807) is 6.07 Å². The lowest BCUT2D eigenvalue weighted by atomic mass is 9.96. The largest absolute Gasteiger partial charge is 0.508 e. The summed E-state index contributed by atoms with van der Waals surface area (Å²) in [6.45, 7) is 4.42. The Morgan fingerprint density at radius 2 is 1.75 bits per heavy atom. The second-order valence-corrected chi connectivity index (χ2v) is 7.35. The van der Waals surface area contributed by atoms with Gasteiger partial charge in [0.2, 0.25) is 0 Å². The van der Waals surface area contributed by atoms with Gasteiger partial charge < -0.3 is 5.11 Å². The molecule has 0 bridgehead atoms. The zero-order chi connectivity index (χ0) is 14.6. The Hall–Kier alpha value is -0.980. The first-order valence-electron chi connectivity index (χ1n) is 6.86. The van der Waals surface area contributed by atoms with Crippen molar-refractivity contribution in [2.24, 2.45) is 0 Å². The van der Waals surface area contributed by atoms with Crippen LogP contribution in [0, 0.1) is 0 Å². The third-order valence-electron chi connectivity index (χ3n) is 3.80. The summed E-state index contributed by atoms with van der Waals surface area (Å²) in [5, 5.41) is 11.5. The SMILES string of the molecule is CCC(C)(Pc1ccccc1CS)c1ccccc1O. The summed E-state index contributed by atoms with van der Waals surface area (Å²) in [5.41, 5.74) is 2.32. The minimum absolute atomic E-state index is 0.0373. The average Bonchev–Trinajstić information content (AvgIpc) is 2.48. The molecule has 20 heavy (non-hydrogen) atoms. The molecule has 2 rings (SSSR count). The minimum Gasteiger partial charge on any atom is -0.508 e. The van der Waals surface area contributed by atoms with E-state index in [-0.39, 0.29) is 5.16 Å². The van der Waals surface area contributed by atoms with Crippen molar-refractivity contribution >= 4 is 26.5 Å². The van der Waals surface area contributed by atoms with Crippen LogP contribution in [-0.4, -0.2) is 5.11 Å². The van der Waals surface area contributed by atoms with Crippen LogP contribution >= 0.6 is 21.2 Å². The first-order chi connectivity index (χ1) is 9.60. The van der Waals surface area contributed by atoms with Crippen molar-refractivity contribution < 1.29 is 5.11 Å². The number of aromatic hydroxyl groups is 1. The van der Waals surface area contributed by atoms with Gasteiger partial charge in [-0.15, -0.1) is 0 Å². The van der Waals surface area contributed by atoms with E-state index in [1.807, 2.05) is 18.2 Å². The molecule has 0 heterocycles. The van der Waals surface area contributed by atoms with Crippen LogP contribution < -0.4 is 5.30 Å². The molecule has 1 nitrogen and oxygen atoms in total. The highest BCUT2D eigenvalue weighted by atomic mass is 32.1. The minimum atomic E-state index is -0.0373. The number of phenols is 1. The van der Waals surface area contributed by atoms with Gasteiger partial charge in [-0.25, -0.2) is 0 Å². The fourth-order valence-electron chi connectivity index (χ4n) is 2.36. The van der Waals surface area contributed by atoms with E-state index in [1.165, 1.54) is 10.9 Å². The highest BCUT2D eigenvalue weighted by Gasteiger charge is 2.28. The molecular formula is C17H21OPS. The Bertz CT molecular complexity index is 585. The first-order valence-corrected chi connectivity index (χ1v) is 8.49. The molecule has 106 valence electrons. The van der Waals surface area contributed by atoms with Crippen LogP contribution in [0.4, 0.5) is 0 Å². The van der Waals surface area contributed by atoms with Crippen LogP contribution in [-0.2, 0) is 10.9 Å². The third kappa shape index (κ3) is 3.19. The Balaban J connectivity index is 2.40. The van der Waals surface area contributed by atoms with Gasteiger partial charge in [-0.2, -0.15) is 12.6 Å². The van der Waals surface area contributed by atoms with E-state index in [4.69, 9.17) is 0 Å². The van der Waals surface area contributed by atoms with E-state index < -0.39 is 0 Å². The third-order valence-corrected chi connectivity index (χ3v) is 6.08. The number of rotatable bonds is 5. The smallest absolute Gasteiger partial charge is 0.119 e. The quantitative estimate of drug-likeness (QED) is 0.617. The van der Waals surface area contributed by atoms with Gasteiger partial charge in [-0.05, 0) is 23.4 Å². The maximum Gasteiger partial charge on any atom is 0.119 e. The molecule has 1 N–H and O–H groups in total. The molecule has 0 saturated heterocycles. The second-order valence-electron chi connectivity index (χ2n) is 5.14. The van der Waals surface area contributed by atoms with Crippen LogP contribution in [0.1, 0.15) is 31.4 Å². The van der Waals surface area contributed by atoms with Crippen molar-refractivity contribution in [3.05, 3.63) is 59.7 Å². The number of phenolic OH excluding ortho intramolecular Hbond substituents is 1. The van der Waals surface area contributed by atoms with Gasteiger partial charge in [0.1, 0.15) is 5.75 Å². The van der Waals surface area contributed by atoms with Gasteiger partial charge in [0.05, 0.1) is 0 Å². The van der Waals surface area contributed by atoms with Crippen molar-refractivity contribution in [1.29, 1.82) is 0 Å². The first kappa shape index (κ1) is 15.4. The van der Waals surface area contributed by atoms with Crippen molar-refractivity contribution in [1.82, 2.24) is 0 Å². The highest BCUT2D eigenvalue weighted by molar-refractivity contribution is 7.79. The predicted molar refractivity (Wildman–Crippen MR) is 92.8 cm³/mol. The lowest BCUT2D eigenvalue weighted by molar-refractivity contribution is 0.457. The molecule has 2 atom stereocenters. The molecule has 0 fully saturated rings. The topological polar surface area (TPSA) is 20.2 Å². The predicted octanol–water partition coefficient (Wildman–Crippen LogP) is 4.45. The number of para-hydroxylation sites is 1. The van der Waals surface area contributed by atoms with E-state index in [9.17, 15) is 5.11 Å². The fourth-order valence-corrected chi connectivity index (χ4v) is 4.42. The lowest BCUT2D eigenvalue weighted by Crippen LogP contribution is -2.19. The Morgan fingerprint density at radius 3 is 2.40 bits per heavy atom. The van der Waals surface area contributed by atoms with E-state index in [0.717, 1.165) is 17.7 Å². The molecule has 0 aliphatic rings. The molecule has 0 aliphatic carbocycles. The monoisotopic (exact) mass is 304 g/mol. The lowest BCUT2D eigenvalue weighted by Gasteiger charge is -2.30. The zero-order valence-electron chi connectivity index (χ0n) is 11.9. The fraction of sp³-hybridized carbons (Fsp3) is 0.294. The average molecular weight is 304 g/mol. The molecular weight excluding hydrogens is 283 g/mol. The molecule has 0 amide bonds. The molecule has 2 unspecified atom stereocenters. The van der Waals surface area contributed by atoms with Crippen molar-refractivity contribution in [3.63, 3.8) is 0 Å². The van der Waals surface area contributed by atoms with E-state index in [2.05, 4.69) is 50.7 Å². The molecule has 0 saturated carbocycles. The van der Waals surface area contributed by atoms with Gasteiger partial charge in [0.15, 0.2) is 0 Å². The van der Waals surface area contributed by atoms with E-state index in [0.29, 0.717) is 14.3 Å². The Labute approximate surface area is 128 Å². The van der Waals surface area contributed by atoms with Gasteiger partial charge in [-0.3, -0.25) is 0 Å². The number of hydrogen-bond donors (Lipinski definition) is 2. The molecule has 0 aliphatic heterocycles.